The maximum absolute atomic E-state index is 13.6. The molecule has 2 aromatic heterocycles. The summed E-state index contributed by atoms with van der Waals surface area (Å²) in [6, 6.07) is 20.6. The highest BCUT2D eigenvalue weighted by molar-refractivity contribution is 6.17. The summed E-state index contributed by atoms with van der Waals surface area (Å²) in [6.07, 6.45) is 0. The zero-order chi connectivity index (χ0) is 22.9. The number of H-pyrrole nitrogens is 1. The lowest BCUT2D eigenvalue weighted by Gasteiger charge is -2.16. The van der Waals surface area contributed by atoms with Gasteiger partial charge in [0.2, 0.25) is 5.78 Å². The fraction of sp³-hybridized carbons (Fsp3) is 0.0385. The van der Waals surface area contributed by atoms with Crippen LogP contribution in [0.5, 0.6) is 0 Å². The highest BCUT2D eigenvalue weighted by atomic mass is 19.1. The van der Waals surface area contributed by atoms with Crippen LogP contribution in [0.1, 0.15) is 21.7 Å². The molecule has 0 atom stereocenters. The van der Waals surface area contributed by atoms with E-state index in [1.54, 1.807) is 12.1 Å². The number of hydrogen-bond acceptors (Lipinski definition) is 4. The average molecular weight is 440 g/mol. The van der Waals surface area contributed by atoms with Crippen LogP contribution in [-0.4, -0.2) is 21.0 Å². The number of benzene rings is 3. The number of ketones is 1. The molecule has 0 amide bonds. The van der Waals surface area contributed by atoms with Crippen molar-refractivity contribution in [1.29, 1.82) is 0 Å². The van der Waals surface area contributed by atoms with Crippen molar-refractivity contribution in [3.05, 3.63) is 107 Å². The van der Waals surface area contributed by atoms with Gasteiger partial charge in [0, 0.05) is 28.3 Å². The summed E-state index contributed by atoms with van der Waals surface area (Å²) >= 11 is 0. The van der Waals surface area contributed by atoms with E-state index in [4.69, 9.17) is 4.98 Å². The molecule has 0 aliphatic heterocycles. The van der Waals surface area contributed by atoms with Crippen LogP contribution in [0.25, 0.3) is 21.9 Å². The number of rotatable bonds is 5. The molecule has 7 heteroatoms. The Morgan fingerprint density at radius 2 is 1.52 bits per heavy atom. The van der Waals surface area contributed by atoms with Crippen LogP contribution in [-0.2, 0) is 0 Å². The van der Waals surface area contributed by atoms with Crippen molar-refractivity contribution in [2.75, 3.05) is 5.32 Å². The Bertz CT molecular complexity index is 1480. The Balaban J connectivity index is 1.77. The van der Waals surface area contributed by atoms with E-state index in [0.29, 0.717) is 28.3 Å². The molecule has 0 fully saturated rings. The Labute approximate surface area is 188 Å². The van der Waals surface area contributed by atoms with E-state index in [-0.39, 0.29) is 17.3 Å². The second-order valence-electron chi connectivity index (χ2n) is 7.63. The Kier molecular flexibility index (Phi) is 5.14. The number of halogens is 2. The third kappa shape index (κ3) is 3.96. The zero-order valence-electron chi connectivity index (χ0n) is 17.6. The van der Waals surface area contributed by atoms with E-state index in [2.05, 4.69) is 15.5 Å². The molecule has 2 N–H and O–H groups in total. The number of aromatic nitrogens is 3. The first-order valence-corrected chi connectivity index (χ1v) is 10.3. The number of aryl methyl sites for hydroxylation is 1. The molecule has 5 rings (SSSR count). The summed E-state index contributed by atoms with van der Waals surface area (Å²) in [5.41, 5.74) is 2.55. The standard InChI is InChI=1S/C26H18F2N4O/c1-15-14-22(32-31-15)29-26-21-5-3-2-4-20(21)23(16-6-10-18(27)11-7-16)24(30-26)25(33)17-8-12-19(28)13-9-17/h2-14H,1H3,(H2,29,30,31,32). The minimum absolute atomic E-state index is 0.168. The topological polar surface area (TPSA) is 70.7 Å². The third-order valence-electron chi connectivity index (χ3n) is 5.32. The normalized spacial score (nSPS) is 11.0. The van der Waals surface area contributed by atoms with Crippen LogP contribution in [0.4, 0.5) is 20.4 Å². The van der Waals surface area contributed by atoms with Gasteiger partial charge in [-0.3, -0.25) is 9.89 Å². The molecule has 0 aliphatic carbocycles. The fourth-order valence-electron chi connectivity index (χ4n) is 3.77. The van der Waals surface area contributed by atoms with Crippen molar-refractivity contribution < 1.29 is 13.6 Å². The van der Waals surface area contributed by atoms with E-state index in [0.717, 1.165) is 16.5 Å². The summed E-state index contributed by atoms with van der Waals surface area (Å²) in [7, 11) is 0. The van der Waals surface area contributed by atoms with Crippen LogP contribution in [0.15, 0.2) is 78.9 Å². The van der Waals surface area contributed by atoms with Crippen molar-refractivity contribution in [1.82, 2.24) is 15.2 Å². The molecule has 0 unspecified atom stereocenters. The summed E-state index contributed by atoms with van der Waals surface area (Å²) in [6.45, 7) is 1.88. The van der Waals surface area contributed by atoms with Gasteiger partial charge in [-0.25, -0.2) is 13.8 Å². The van der Waals surface area contributed by atoms with Crippen LogP contribution in [0, 0.1) is 18.6 Å². The van der Waals surface area contributed by atoms with Gasteiger partial charge in [0.05, 0.1) is 0 Å². The molecule has 0 saturated heterocycles. The van der Waals surface area contributed by atoms with Gasteiger partial charge in [0.15, 0.2) is 5.82 Å². The van der Waals surface area contributed by atoms with E-state index < -0.39 is 5.82 Å². The number of nitrogens with one attached hydrogen (secondary N) is 2. The lowest BCUT2D eigenvalue weighted by molar-refractivity contribution is 0.103. The fourth-order valence-corrected chi connectivity index (χ4v) is 3.77. The molecule has 3 aromatic carbocycles. The predicted octanol–water partition coefficient (Wildman–Crippen LogP) is 6.19. The van der Waals surface area contributed by atoms with Crippen LogP contribution in [0.3, 0.4) is 0 Å². The van der Waals surface area contributed by atoms with Crippen molar-refractivity contribution >= 4 is 28.2 Å². The minimum Gasteiger partial charge on any atom is -0.323 e. The number of aromatic amines is 1. The lowest BCUT2D eigenvalue weighted by atomic mass is 9.93. The third-order valence-corrected chi connectivity index (χ3v) is 5.32. The quantitative estimate of drug-likeness (QED) is 0.320. The van der Waals surface area contributed by atoms with Crippen molar-refractivity contribution in [2.45, 2.75) is 6.92 Å². The first kappa shape index (κ1) is 20.5. The largest absolute Gasteiger partial charge is 0.323 e. The number of fused-ring (bicyclic) bond motifs is 1. The number of pyridine rings is 1. The molecule has 0 bridgehead atoms. The van der Waals surface area contributed by atoms with Gasteiger partial charge in [-0.05, 0) is 54.3 Å². The SMILES string of the molecule is Cc1cc(Nc2nc(C(=O)c3ccc(F)cc3)c(-c3ccc(F)cc3)c3ccccc23)n[nH]1. The van der Waals surface area contributed by atoms with Gasteiger partial charge in [-0.15, -0.1) is 0 Å². The molecule has 0 spiro atoms. The molecule has 33 heavy (non-hydrogen) atoms. The van der Waals surface area contributed by atoms with Gasteiger partial charge >= 0.3 is 0 Å². The van der Waals surface area contributed by atoms with Gasteiger partial charge in [0.1, 0.15) is 23.1 Å². The number of anilines is 2. The molecule has 5 nitrogen and oxygen atoms in total. The molecular weight excluding hydrogens is 422 g/mol. The number of nitrogens with zero attached hydrogens (tertiary/aromatic N) is 2. The Morgan fingerprint density at radius 3 is 2.15 bits per heavy atom. The second-order valence-corrected chi connectivity index (χ2v) is 7.63. The van der Waals surface area contributed by atoms with Crippen LogP contribution >= 0.6 is 0 Å². The first-order chi connectivity index (χ1) is 16.0. The van der Waals surface area contributed by atoms with Crippen molar-refractivity contribution in [3.8, 4) is 11.1 Å². The second kappa shape index (κ2) is 8.27. The van der Waals surface area contributed by atoms with Gasteiger partial charge in [-0.2, -0.15) is 5.10 Å². The highest BCUT2D eigenvalue weighted by Crippen LogP contribution is 2.36. The van der Waals surface area contributed by atoms with E-state index in [1.807, 2.05) is 37.3 Å². The van der Waals surface area contributed by atoms with E-state index in [9.17, 15) is 13.6 Å². The first-order valence-electron chi connectivity index (χ1n) is 10.3. The minimum atomic E-state index is -0.437. The molecule has 5 aromatic rings. The zero-order valence-corrected chi connectivity index (χ0v) is 17.6. The van der Waals surface area contributed by atoms with Crippen LogP contribution < -0.4 is 5.32 Å². The van der Waals surface area contributed by atoms with Gasteiger partial charge in [-0.1, -0.05) is 36.4 Å². The number of carbonyl (C=O) groups excluding carboxylic acids is 1. The summed E-state index contributed by atoms with van der Waals surface area (Å²) in [5, 5.41) is 11.8. The summed E-state index contributed by atoms with van der Waals surface area (Å²) in [5.74, 6) is -0.183. The van der Waals surface area contributed by atoms with E-state index in [1.165, 1.54) is 36.4 Å². The van der Waals surface area contributed by atoms with Crippen molar-refractivity contribution in [3.63, 3.8) is 0 Å². The smallest absolute Gasteiger partial charge is 0.212 e. The maximum atomic E-state index is 13.6. The molecule has 162 valence electrons. The van der Waals surface area contributed by atoms with Gasteiger partial charge < -0.3 is 5.32 Å². The molecule has 0 aliphatic rings. The van der Waals surface area contributed by atoms with Gasteiger partial charge in [0.25, 0.3) is 0 Å². The molecule has 0 saturated carbocycles. The number of hydrogen-bond donors (Lipinski definition) is 2. The van der Waals surface area contributed by atoms with Crippen molar-refractivity contribution in [2.24, 2.45) is 0 Å². The summed E-state index contributed by atoms with van der Waals surface area (Å²) < 4.78 is 27.1. The van der Waals surface area contributed by atoms with Crippen LogP contribution in [0.2, 0.25) is 0 Å². The van der Waals surface area contributed by atoms with E-state index >= 15 is 0 Å². The Morgan fingerprint density at radius 1 is 0.879 bits per heavy atom. The molecule has 2 heterocycles. The number of carbonyl (C=O) groups is 1. The molecular formula is C26H18F2N4O. The predicted molar refractivity (Wildman–Crippen MR) is 124 cm³/mol. The highest BCUT2D eigenvalue weighted by Gasteiger charge is 2.22. The average Bonchev–Trinajstić information content (AvgIpc) is 3.24. The summed E-state index contributed by atoms with van der Waals surface area (Å²) in [4.78, 5) is 18.3. The lowest BCUT2D eigenvalue weighted by Crippen LogP contribution is -2.10. The monoisotopic (exact) mass is 440 g/mol. The maximum Gasteiger partial charge on any atom is 0.212 e. The Hall–Kier alpha value is -4.39. The molecule has 0 radical (unpaired) electrons.